The lowest BCUT2D eigenvalue weighted by atomic mass is 10.1. The van der Waals surface area contributed by atoms with E-state index in [2.05, 4.69) is 16.0 Å². The predicted octanol–water partition coefficient (Wildman–Crippen LogP) is 4.42. The molecule has 0 aliphatic rings. The molecule has 6 nitrogen and oxygen atoms in total. The number of carbonyl (C=O) groups is 3. The lowest BCUT2D eigenvalue weighted by molar-refractivity contribution is -0.114. The summed E-state index contributed by atoms with van der Waals surface area (Å²) in [7, 11) is 0. The summed E-state index contributed by atoms with van der Waals surface area (Å²) < 4.78 is 0. The van der Waals surface area contributed by atoms with Gasteiger partial charge in [-0.05, 0) is 54.3 Å². The Hall–Kier alpha value is -3.71. The van der Waals surface area contributed by atoms with Crippen LogP contribution in [0.5, 0.6) is 0 Å². The van der Waals surface area contributed by atoms with Crippen LogP contribution in [-0.2, 0) is 9.59 Å². The van der Waals surface area contributed by atoms with Gasteiger partial charge in [0.25, 0.3) is 11.8 Å². The standard InChI is InChI=1S/C23H21N3O3S/c1-15-7-3-4-11-20(15)22(28)26-21(14-19-10-6-12-30-19)23(29)25-18-9-5-8-17(13-18)24-16(2)27/h3-14H,1-2H3,(H,24,27)(H,25,29)(H,26,28)/b21-14-. The van der Waals surface area contributed by atoms with Crippen molar-refractivity contribution in [1.29, 1.82) is 0 Å². The highest BCUT2D eigenvalue weighted by molar-refractivity contribution is 7.10. The van der Waals surface area contributed by atoms with Gasteiger partial charge in [-0.25, -0.2) is 0 Å². The summed E-state index contributed by atoms with van der Waals surface area (Å²) in [5, 5.41) is 10.1. The number of thiophene rings is 1. The van der Waals surface area contributed by atoms with Crippen molar-refractivity contribution >= 4 is 46.5 Å². The second-order valence-electron chi connectivity index (χ2n) is 6.56. The van der Waals surface area contributed by atoms with Crippen molar-refractivity contribution in [2.45, 2.75) is 13.8 Å². The molecule has 1 aromatic heterocycles. The lowest BCUT2D eigenvalue weighted by Crippen LogP contribution is -2.31. The first-order valence-electron chi connectivity index (χ1n) is 9.23. The fraction of sp³-hybridized carbons (Fsp3) is 0.0870. The monoisotopic (exact) mass is 419 g/mol. The summed E-state index contributed by atoms with van der Waals surface area (Å²) in [6.07, 6.45) is 1.63. The quantitative estimate of drug-likeness (QED) is 0.517. The van der Waals surface area contributed by atoms with Crippen LogP contribution in [0.25, 0.3) is 6.08 Å². The molecule has 3 N–H and O–H groups in total. The fourth-order valence-corrected chi connectivity index (χ4v) is 3.43. The number of aryl methyl sites for hydroxylation is 1. The molecule has 1 heterocycles. The predicted molar refractivity (Wildman–Crippen MR) is 120 cm³/mol. The van der Waals surface area contributed by atoms with Crippen LogP contribution < -0.4 is 16.0 Å². The van der Waals surface area contributed by atoms with E-state index in [0.29, 0.717) is 16.9 Å². The number of nitrogens with one attached hydrogen (secondary N) is 3. The van der Waals surface area contributed by atoms with Crippen molar-refractivity contribution < 1.29 is 14.4 Å². The molecule has 0 radical (unpaired) electrons. The van der Waals surface area contributed by atoms with E-state index in [1.807, 2.05) is 36.6 Å². The fourth-order valence-electron chi connectivity index (χ4n) is 2.77. The lowest BCUT2D eigenvalue weighted by Gasteiger charge is -2.13. The van der Waals surface area contributed by atoms with E-state index in [9.17, 15) is 14.4 Å². The zero-order valence-electron chi connectivity index (χ0n) is 16.6. The van der Waals surface area contributed by atoms with Crippen molar-refractivity contribution in [2.24, 2.45) is 0 Å². The van der Waals surface area contributed by atoms with Crippen molar-refractivity contribution in [3.8, 4) is 0 Å². The molecule has 3 aromatic rings. The van der Waals surface area contributed by atoms with Gasteiger partial charge in [0, 0.05) is 28.7 Å². The number of benzene rings is 2. The van der Waals surface area contributed by atoms with Crippen molar-refractivity contribution in [3.63, 3.8) is 0 Å². The Morgan fingerprint density at radius 2 is 1.63 bits per heavy atom. The van der Waals surface area contributed by atoms with Gasteiger partial charge in [-0.15, -0.1) is 11.3 Å². The van der Waals surface area contributed by atoms with Crippen LogP contribution in [0, 0.1) is 6.92 Å². The SMILES string of the molecule is CC(=O)Nc1cccc(NC(=O)/C(=C/c2cccs2)NC(=O)c2ccccc2C)c1. The highest BCUT2D eigenvalue weighted by atomic mass is 32.1. The smallest absolute Gasteiger partial charge is 0.272 e. The highest BCUT2D eigenvalue weighted by Gasteiger charge is 2.16. The maximum absolute atomic E-state index is 12.9. The van der Waals surface area contributed by atoms with Gasteiger partial charge in [0.2, 0.25) is 5.91 Å². The summed E-state index contributed by atoms with van der Waals surface area (Å²) in [6.45, 7) is 3.25. The van der Waals surface area contributed by atoms with E-state index in [1.54, 1.807) is 42.5 Å². The Morgan fingerprint density at radius 3 is 2.30 bits per heavy atom. The number of hydrogen-bond acceptors (Lipinski definition) is 4. The third-order valence-corrected chi connectivity index (χ3v) is 4.97. The second kappa shape index (κ2) is 9.67. The molecule has 2 aromatic carbocycles. The summed E-state index contributed by atoms with van der Waals surface area (Å²) >= 11 is 1.46. The van der Waals surface area contributed by atoms with E-state index >= 15 is 0 Å². The molecule has 0 fully saturated rings. The van der Waals surface area contributed by atoms with Crippen LogP contribution in [0.3, 0.4) is 0 Å². The maximum atomic E-state index is 12.9. The second-order valence-corrected chi connectivity index (χ2v) is 7.54. The van der Waals surface area contributed by atoms with Gasteiger partial charge in [0.05, 0.1) is 0 Å². The maximum Gasteiger partial charge on any atom is 0.272 e. The van der Waals surface area contributed by atoms with Crippen molar-refractivity contribution in [1.82, 2.24) is 5.32 Å². The summed E-state index contributed by atoms with van der Waals surface area (Å²) in [6, 6.07) is 17.7. The third kappa shape index (κ3) is 5.65. The molecule has 0 atom stereocenters. The molecular weight excluding hydrogens is 398 g/mol. The Bertz CT molecular complexity index is 1100. The van der Waals surface area contributed by atoms with E-state index in [-0.39, 0.29) is 17.5 Å². The average molecular weight is 420 g/mol. The molecular formula is C23H21N3O3S. The van der Waals surface area contributed by atoms with E-state index in [1.165, 1.54) is 18.3 Å². The molecule has 0 spiro atoms. The number of carbonyl (C=O) groups excluding carboxylic acids is 3. The molecule has 0 aliphatic heterocycles. The molecule has 152 valence electrons. The van der Waals surface area contributed by atoms with E-state index in [4.69, 9.17) is 0 Å². The van der Waals surface area contributed by atoms with Crippen LogP contribution in [0.2, 0.25) is 0 Å². The summed E-state index contributed by atoms with van der Waals surface area (Å²) in [5.74, 6) is -1.04. The first-order valence-corrected chi connectivity index (χ1v) is 10.1. The Morgan fingerprint density at radius 1 is 0.900 bits per heavy atom. The highest BCUT2D eigenvalue weighted by Crippen LogP contribution is 2.18. The van der Waals surface area contributed by atoms with Crippen LogP contribution in [0.4, 0.5) is 11.4 Å². The zero-order valence-corrected chi connectivity index (χ0v) is 17.4. The molecule has 7 heteroatoms. The van der Waals surface area contributed by atoms with Crippen molar-refractivity contribution in [3.05, 3.63) is 87.7 Å². The van der Waals surface area contributed by atoms with Crippen LogP contribution in [0.15, 0.2) is 71.7 Å². The summed E-state index contributed by atoms with van der Waals surface area (Å²) in [5.41, 5.74) is 2.49. The van der Waals surface area contributed by atoms with Gasteiger partial charge in [-0.2, -0.15) is 0 Å². The topological polar surface area (TPSA) is 87.3 Å². The molecule has 3 rings (SSSR count). The average Bonchev–Trinajstić information content (AvgIpc) is 3.20. The zero-order chi connectivity index (χ0) is 21.5. The van der Waals surface area contributed by atoms with E-state index < -0.39 is 5.91 Å². The number of hydrogen-bond donors (Lipinski definition) is 3. The Kier molecular flexibility index (Phi) is 6.77. The normalized spacial score (nSPS) is 10.9. The van der Waals surface area contributed by atoms with Crippen LogP contribution >= 0.6 is 11.3 Å². The van der Waals surface area contributed by atoms with Crippen LogP contribution in [-0.4, -0.2) is 17.7 Å². The summed E-state index contributed by atoms with van der Waals surface area (Å²) in [4.78, 5) is 37.8. The van der Waals surface area contributed by atoms with Gasteiger partial charge in [0.15, 0.2) is 0 Å². The third-order valence-electron chi connectivity index (χ3n) is 4.15. The number of anilines is 2. The van der Waals surface area contributed by atoms with Gasteiger partial charge in [-0.1, -0.05) is 30.3 Å². The van der Waals surface area contributed by atoms with Gasteiger partial charge in [0.1, 0.15) is 5.70 Å². The first-order chi connectivity index (χ1) is 14.4. The molecule has 30 heavy (non-hydrogen) atoms. The van der Waals surface area contributed by atoms with E-state index in [0.717, 1.165) is 10.4 Å². The van der Waals surface area contributed by atoms with Gasteiger partial charge < -0.3 is 16.0 Å². The minimum Gasteiger partial charge on any atom is -0.326 e. The van der Waals surface area contributed by atoms with Crippen molar-refractivity contribution in [2.75, 3.05) is 10.6 Å². The van der Waals surface area contributed by atoms with Gasteiger partial charge >= 0.3 is 0 Å². The largest absolute Gasteiger partial charge is 0.326 e. The Labute approximate surface area is 178 Å². The number of rotatable bonds is 6. The molecule has 0 saturated heterocycles. The first kappa shape index (κ1) is 21.0. The Balaban J connectivity index is 1.84. The van der Waals surface area contributed by atoms with Gasteiger partial charge in [-0.3, -0.25) is 14.4 Å². The molecule has 3 amide bonds. The molecule has 0 saturated carbocycles. The molecule has 0 bridgehead atoms. The molecule has 0 aliphatic carbocycles. The minimum absolute atomic E-state index is 0.121. The number of amides is 3. The molecule has 0 unspecified atom stereocenters. The minimum atomic E-state index is -0.467. The van der Waals surface area contributed by atoms with Crippen LogP contribution in [0.1, 0.15) is 27.7 Å².